The summed E-state index contributed by atoms with van der Waals surface area (Å²) in [7, 11) is 0. The molecule has 0 spiro atoms. The predicted octanol–water partition coefficient (Wildman–Crippen LogP) is 5.46. The molecule has 0 fully saturated rings. The number of hydrogen-bond donors (Lipinski definition) is 1. The smallest absolute Gasteiger partial charge is 0.0885 e. The van der Waals surface area contributed by atoms with Crippen LogP contribution in [-0.4, -0.2) is 5.11 Å². The van der Waals surface area contributed by atoms with Gasteiger partial charge in [0.2, 0.25) is 0 Å². The summed E-state index contributed by atoms with van der Waals surface area (Å²) in [5, 5.41) is 10.2. The first kappa shape index (κ1) is 15.2. The van der Waals surface area contributed by atoms with Gasteiger partial charge in [0.05, 0.1) is 6.10 Å². The highest BCUT2D eigenvalue weighted by Gasteiger charge is 2.17. The molecule has 0 aliphatic rings. The molecule has 1 heterocycles. The van der Waals surface area contributed by atoms with E-state index in [2.05, 4.69) is 42.8 Å². The van der Waals surface area contributed by atoms with Crippen molar-refractivity contribution in [3.63, 3.8) is 0 Å². The van der Waals surface area contributed by atoms with Gasteiger partial charge in [0.1, 0.15) is 0 Å². The van der Waals surface area contributed by atoms with Gasteiger partial charge in [-0.25, -0.2) is 0 Å². The summed E-state index contributed by atoms with van der Waals surface area (Å²) >= 11 is 5.21. The van der Waals surface area contributed by atoms with E-state index in [4.69, 9.17) is 0 Å². The van der Waals surface area contributed by atoms with Gasteiger partial charge in [-0.1, -0.05) is 39.5 Å². The monoisotopic (exact) mass is 318 g/mol. The minimum absolute atomic E-state index is 0.285. The lowest BCUT2D eigenvalue weighted by atomic mass is 9.93. The fraction of sp³-hybridized carbons (Fsp3) is 0.714. The number of rotatable bonds is 7. The van der Waals surface area contributed by atoms with Crippen LogP contribution in [-0.2, 0) is 0 Å². The molecular weight excluding hydrogens is 296 g/mol. The minimum Gasteiger partial charge on any atom is -0.388 e. The summed E-state index contributed by atoms with van der Waals surface area (Å²) in [6.07, 6.45) is 5.56. The third-order valence-corrected chi connectivity index (χ3v) is 5.54. The quantitative estimate of drug-likeness (QED) is 0.707. The average molecular weight is 319 g/mol. The molecule has 1 aromatic heterocycles. The van der Waals surface area contributed by atoms with Gasteiger partial charge in [-0.3, -0.25) is 0 Å². The standard InChI is InChI=1S/C14H23BrOS/c1-4-6-7-11(5-2)8-13(16)14-9-12(15)10(3)17-14/h9,11,13,16H,4-8H2,1-3H3. The maximum atomic E-state index is 10.2. The van der Waals surface area contributed by atoms with Crippen LogP contribution in [0.3, 0.4) is 0 Å². The highest BCUT2D eigenvalue weighted by Crippen LogP contribution is 2.34. The van der Waals surface area contributed by atoms with Crippen molar-refractivity contribution in [2.75, 3.05) is 0 Å². The summed E-state index contributed by atoms with van der Waals surface area (Å²) in [5.41, 5.74) is 0. The lowest BCUT2D eigenvalue weighted by Crippen LogP contribution is -2.05. The van der Waals surface area contributed by atoms with E-state index >= 15 is 0 Å². The Labute approximate surface area is 117 Å². The van der Waals surface area contributed by atoms with Crippen molar-refractivity contribution < 1.29 is 5.11 Å². The Balaban J connectivity index is 2.54. The van der Waals surface area contributed by atoms with Crippen molar-refractivity contribution in [1.82, 2.24) is 0 Å². The number of unbranched alkanes of at least 4 members (excludes halogenated alkanes) is 1. The van der Waals surface area contributed by atoms with E-state index in [0.29, 0.717) is 5.92 Å². The van der Waals surface area contributed by atoms with Crippen LogP contribution < -0.4 is 0 Å². The fourth-order valence-electron chi connectivity index (χ4n) is 2.06. The van der Waals surface area contributed by atoms with E-state index < -0.39 is 0 Å². The van der Waals surface area contributed by atoms with Crippen LogP contribution >= 0.6 is 27.3 Å². The molecule has 1 aromatic rings. The molecule has 0 bridgehead atoms. The van der Waals surface area contributed by atoms with Crippen molar-refractivity contribution in [3.8, 4) is 0 Å². The number of aliphatic hydroxyl groups excluding tert-OH is 1. The number of thiophene rings is 1. The Hall–Kier alpha value is 0.140. The summed E-state index contributed by atoms with van der Waals surface area (Å²) in [6.45, 7) is 6.53. The summed E-state index contributed by atoms with van der Waals surface area (Å²) in [5.74, 6) is 0.658. The van der Waals surface area contributed by atoms with Crippen LogP contribution in [0.15, 0.2) is 10.5 Å². The van der Waals surface area contributed by atoms with Gasteiger partial charge < -0.3 is 5.11 Å². The molecule has 98 valence electrons. The lowest BCUT2D eigenvalue weighted by Gasteiger charge is -2.17. The van der Waals surface area contributed by atoms with Crippen molar-refractivity contribution in [1.29, 1.82) is 0 Å². The molecule has 0 saturated heterocycles. The first-order valence-electron chi connectivity index (χ1n) is 6.52. The Kier molecular flexibility index (Phi) is 6.75. The second kappa shape index (κ2) is 7.55. The predicted molar refractivity (Wildman–Crippen MR) is 79.6 cm³/mol. The zero-order valence-electron chi connectivity index (χ0n) is 11.0. The third-order valence-electron chi connectivity index (χ3n) is 3.30. The third kappa shape index (κ3) is 4.72. The Morgan fingerprint density at radius 1 is 1.41 bits per heavy atom. The molecule has 1 nitrogen and oxygen atoms in total. The highest BCUT2D eigenvalue weighted by molar-refractivity contribution is 9.10. The summed E-state index contributed by atoms with van der Waals surface area (Å²) in [4.78, 5) is 2.35. The van der Waals surface area contributed by atoms with Crippen molar-refractivity contribution in [2.45, 2.75) is 59.0 Å². The molecule has 0 saturated carbocycles. The van der Waals surface area contributed by atoms with Crippen LogP contribution in [0.5, 0.6) is 0 Å². The SMILES string of the molecule is CCCCC(CC)CC(O)c1cc(Br)c(C)s1. The molecule has 1 rings (SSSR count). The molecule has 0 aliphatic heterocycles. The van der Waals surface area contributed by atoms with Crippen LogP contribution in [0.1, 0.15) is 61.8 Å². The maximum Gasteiger partial charge on any atom is 0.0885 e. The second-order valence-corrected chi connectivity index (χ2v) is 6.86. The van der Waals surface area contributed by atoms with Crippen LogP contribution in [0.25, 0.3) is 0 Å². The van der Waals surface area contributed by atoms with Gasteiger partial charge in [-0.2, -0.15) is 0 Å². The van der Waals surface area contributed by atoms with Gasteiger partial charge in [0.25, 0.3) is 0 Å². The van der Waals surface area contributed by atoms with E-state index in [1.165, 1.54) is 30.6 Å². The number of hydrogen-bond acceptors (Lipinski definition) is 2. The van der Waals surface area contributed by atoms with Crippen molar-refractivity contribution >= 4 is 27.3 Å². The molecule has 3 heteroatoms. The molecule has 17 heavy (non-hydrogen) atoms. The number of aliphatic hydroxyl groups is 1. The minimum atomic E-state index is -0.285. The second-order valence-electron chi connectivity index (χ2n) is 4.72. The first-order chi connectivity index (χ1) is 8.08. The normalized spacial score (nSPS) is 14.9. The van der Waals surface area contributed by atoms with E-state index in [-0.39, 0.29) is 6.10 Å². The molecule has 2 unspecified atom stereocenters. The van der Waals surface area contributed by atoms with Crippen LogP contribution in [0, 0.1) is 12.8 Å². The lowest BCUT2D eigenvalue weighted by molar-refractivity contribution is 0.142. The largest absolute Gasteiger partial charge is 0.388 e. The summed E-state index contributed by atoms with van der Waals surface area (Å²) < 4.78 is 1.12. The van der Waals surface area contributed by atoms with Crippen molar-refractivity contribution in [3.05, 3.63) is 20.3 Å². The van der Waals surface area contributed by atoms with E-state index in [1.807, 2.05) is 0 Å². The van der Waals surface area contributed by atoms with Gasteiger partial charge in [-0.15, -0.1) is 11.3 Å². The molecule has 0 aliphatic carbocycles. The van der Waals surface area contributed by atoms with Gasteiger partial charge in [-0.05, 0) is 41.3 Å². The van der Waals surface area contributed by atoms with E-state index in [9.17, 15) is 5.11 Å². The zero-order chi connectivity index (χ0) is 12.8. The molecular formula is C14H23BrOS. The van der Waals surface area contributed by atoms with E-state index in [1.54, 1.807) is 11.3 Å². The topological polar surface area (TPSA) is 20.2 Å². The highest BCUT2D eigenvalue weighted by atomic mass is 79.9. The molecule has 1 N–H and O–H groups in total. The van der Waals surface area contributed by atoms with Crippen LogP contribution in [0.2, 0.25) is 0 Å². The number of halogens is 1. The number of aryl methyl sites for hydroxylation is 1. The van der Waals surface area contributed by atoms with Crippen molar-refractivity contribution in [2.24, 2.45) is 5.92 Å². The maximum absolute atomic E-state index is 10.2. The Morgan fingerprint density at radius 3 is 2.59 bits per heavy atom. The Bertz CT molecular complexity index is 315. The average Bonchev–Trinajstić information content (AvgIpc) is 2.65. The van der Waals surface area contributed by atoms with Gasteiger partial charge >= 0.3 is 0 Å². The van der Waals surface area contributed by atoms with E-state index in [0.717, 1.165) is 15.8 Å². The zero-order valence-corrected chi connectivity index (χ0v) is 13.4. The molecule has 0 radical (unpaired) electrons. The van der Waals surface area contributed by atoms with Crippen LogP contribution in [0.4, 0.5) is 0 Å². The first-order valence-corrected chi connectivity index (χ1v) is 8.13. The molecule has 0 amide bonds. The van der Waals surface area contributed by atoms with Gasteiger partial charge in [0.15, 0.2) is 0 Å². The molecule has 2 atom stereocenters. The summed E-state index contributed by atoms with van der Waals surface area (Å²) in [6, 6.07) is 2.07. The van der Waals surface area contributed by atoms with Gasteiger partial charge in [0, 0.05) is 14.2 Å². The molecule has 0 aromatic carbocycles. The Morgan fingerprint density at radius 2 is 2.12 bits per heavy atom. The fourth-order valence-corrected chi connectivity index (χ4v) is 3.62.